The number of nitrogens with zero attached hydrogens (tertiary/aromatic N) is 2. The van der Waals surface area contributed by atoms with Crippen molar-refractivity contribution in [1.29, 1.82) is 5.26 Å². The van der Waals surface area contributed by atoms with Gasteiger partial charge in [0.1, 0.15) is 0 Å². The van der Waals surface area contributed by atoms with Crippen molar-refractivity contribution in [3.8, 4) is 6.07 Å². The first-order valence-electron chi connectivity index (χ1n) is 5.02. The molecule has 2 nitrogen and oxygen atoms in total. The third-order valence-electron chi connectivity index (χ3n) is 1.90. The van der Waals surface area contributed by atoms with Crippen LogP contribution in [0.5, 0.6) is 0 Å². The minimum Gasteiger partial charge on any atom is -0.246 e. The van der Waals surface area contributed by atoms with E-state index in [1.165, 1.54) is 10.7 Å². The quantitative estimate of drug-likeness (QED) is 0.697. The van der Waals surface area contributed by atoms with Crippen molar-refractivity contribution in [2.45, 2.75) is 39.5 Å². The number of hydrogen-bond donors (Lipinski definition) is 0. The van der Waals surface area contributed by atoms with Crippen LogP contribution in [0.1, 0.15) is 37.4 Å². The molecule has 0 aromatic carbocycles. The first-order valence-corrected chi connectivity index (χ1v) is 5.90. The van der Waals surface area contributed by atoms with Crippen LogP contribution >= 0.6 is 11.3 Å². The average molecular weight is 208 g/mol. The molecule has 0 saturated carbocycles. The molecule has 0 saturated heterocycles. The van der Waals surface area contributed by atoms with Gasteiger partial charge in [-0.1, -0.05) is 13.8 Å². The van der Waals surface area contributed by atoms with E-state index in [9.17, 15) is 0 Å². The predicted molar refractivity (Wildman–Crippen MR) is 59.2 cm³/mol. The second-order valence-electron chi connectivity index (χ2n) is 3.84. The van der Waals surface area contributed by atoms with Crippen LogP contribution in [0, 0.1) is 17.2 Å². The Labute approximate surface area is 89.6 Å². The molecular formula is C11H16N2S. The highest BCUT2D eigenvalue weighted by atomic mass is 32.1. The zero-order chi connectivity index (χ0) is 10.4. The molecular weight excluding hydrogens is 192 g/mol. The third kappa shape index (κ3) is 3.89. The highest BCUT2D eigenvalue weighted by Gasteiger charge is 2.03. The van der Waals surface area contributed by atoms with Gasteiger partial charge >= 0.3 is 0 Å². The van der Waals surface area contributed by atoms with E-state index < -0.39 is 0 Å². The number of unbranched alkanes of at least 4 members (excludes halogenated alkanes) is 1. The van der Waals surface area contributed by atoms with E-state index in [0.717, 1.165) is 19.3 Å². The van der Waals surface area contributed by atoms with Crippen LogP contribution in [-0.4, -0.2) is 4.98 Å². The lowest BCUT2D eigenvalue weighted by Crippen LogP contribution is -1.94. The number of thiazole rings is 1. The first kappa shape index (κ1) is 11.2. The van der Waals surface area contributed by atoms with Gasteiger partial charge in [-0.25, -0.2) is 4.98 Å². The van der Waals surface area contributed by atoms with Crippen molar-refractivity contribution >= 4 is 11.3 Å². The fourth-order valence-corrected chi connectivity index (χ4v) is 2.15. The van der Waals surface area contributed by atoms with Gasteiger partial charge in [0.25, 0.3) is 0 Å². The molecule has 76 valence electrons. The van der Waals surface area contributed by atoms with Crippen molar-refractivity contribution in [3.05, 3.63) is 16.1 Å². The number of aromatic nitrogens is 1. The molecule has 3 heteroatoms. The van der Waals surface area contributed by atoms with Crippen molar-refractivity contribution in [2.24, 2.45) is 5.92 Å². The largest absolute Gasteiger partial charge is 0.246 e. The van der Waals surface area contributed by atoms with E-state index in [2.05, 4.69) is 30.3 Å². The molecule has 0 aliphatic carbocycles. The SMILES string of the molecule is CC(C)Cc1csc(CCCC#N)n1. The minimum atomic E-state index is 0.638. The van der Waals surface area contributed by atoms with Crippen molar-refractivity contribution in [2.75, 3.05) is 0 Å². The van der Waals surface area contributed by atoms with Crippen LogP contribution in [0.3, 0.4) is 0 Å². The molecule has 1 aromatic rings. The van der Waals surface area contributed by atoms with Crippen LogP contribution in [0.15, 0.2) is 5.38 Å². The molecule has 0 amide bonds. The Morgan fingerprint density at radius 2 is 2.36 bits per heavy atom. The molecule has 0 N–H and O–H groups in total. The Morgan fingerprint density at radius 1 is 1.57 bits per heavy atom. The van der Waals surface area contributed by atoms with Gasteiger partial charge in [-0.05, 0) is 18.8 Å². The summed E-state index contributed by atoms with van der Waals surface area (Å²) >= 11 is 1.72. The fourth-order valence-electron chi connectivity index (χ4n) is 1.29. The van der Waals surface area contributed by atoms with Crippen LogP contribution in [-0.2, 0) is 12.8 Å². The topological polar surface area (TPSA) is 36.7 Å². The lowest BCUT2D eigenvalue weighted by atomic mass is 10.1. The van der Waals surface area contributed by atoms with Gasteiger partial charge in [-0.15, -0.1) is 11.3 Å². The standard InChI is InChI=1S/C11H16N2S/c1-9(2)7-10-8-14-11(13-10)5-3-4-6-12/h8-9H,3-5,7H2,1-2H3. The molecule has 0 atom stereocenters. The molecule has 0 fully saturated rings. The molecule has 0 spiro atoms. The first-order chi connectivity index (χ1) is 6.72. The summed E-state index contributed by atoms with van der Waals surface area (Å²) in [6, 6.07) is 2.15. The molecule has 14 heavy (non-hydrogen) atoms. The van der Waals surface area contributed by atoms with Crippen LogP contribution in [0.25, 0.3) is 0 Å². The van der Waals surface area contributed by atoms with E-state index >= 15 is 0 Å². The summed E-state index contributed by atoms with van der Waals surface area (Å²) in [4.78, 5) is 4.53. The lowest BCUT2D eigenvalue weighted by molar-refractivity contribution is 0.636. The van der Waals surface area contributed by atoms with Crippen molar-refractivity contribution < 1.29 is 0 Å². The molecule has 0 radical (unpaired) electrons. The maximum Gasteiger partial charge on any atom is 0.0928 e. The zero-order valence-corrected chi connectivity index (χ0v) is 9.60. The van der Waals surface area contributed by atoms with Gasteiger partial charge in [0.2, 0.25) is 0 Å². The summed E-state index contributed by atoms with van der Waals surface area (Å²) in [6.45, 7) is 4.41. The second-order valence-corrected chi connectivity index (χ2v) is 4.78. The van der Waals surface area contributed by atoms with Crippen molar-refractivity contribution in [1.82, 2.24) is 4.98 Å². The summed E-state index contributed by atoms with van der Waals surface area (Å²) in [7, 11) is 0. The molecule has 1 rings (SSSR count). The third-order valence-corrected chi connectivity index (χ3v) is 2.85. The molecule has 0 bridgehead atoms. The van der Waals surface area contributed by atoms with E-state index in [-0.39, 0.29) is 0 Å². The molecule has 0 aliphatic rings. The molecule has 0 aliphatic heterocycles. The van der Waals surface area contributed by atoms with E-state index in [0.29, 0.717) is 12.3 Å². The summed E-state index contributed by atoms with van der Waals surface area (Å²) in [5.74, 6) is 0.670. The second kappa shape index (κ2) is 5.77. The van der Waals surface area contributed by atoms with E-state index in [1.54, 1.807) is 11.3 Å². The Kier molecular flexibility index (Phi) is 4.61. The molecule has 0 unspecified atom stereocenters. The lowest BCUT2D eigenvalue weighted by Gasteiger charge is -1.98. The Balaban J connectivity index is 2.39. The monoisotopic (exact) mass is 208 g/mol. The van der Waals surface area contributed by atoms with Gasteiger partial charge < -0.3 is 0 Å². The zero-order valence-electron chi connectivity index (χ0n) is 8.79. The van der Waals surface area contributed by atoms with Crippen molar-refractivity contribution in [3.63, 3.8) is 0 Å². The smallest absolute Gasteiger partial charge is 0.0928 e. The van der Waals surface area contributed by atoms with Gasteiger partial charge in [0, 0.05) is 18.2 Å². The average Bonchev–Trinajstić information content (AvgIpc) is 2.52. The number of hydrogen-bond acceptors (Lipinski definition) is 3. The highest BCUT2D eigenvalue weighted by Crippen LogP contribution is 2.15. The van der Waals surface area contributed by atoms with E-state index in [1.807, 2.05) is 0 Å². The maximum atomic E-state index is 8.40. The molecule has 1 heterocycles. The predicted octanol–water partition coefficient (Wildman–Crippen LogP) is 3.19. The van der Waals surface area contributed by atoms with Crippen LogP contribution in [0.4, 0.5) is 0 Å². The van der Waals surface area contributed by atoms with Gasteiger partial charge in [0.05, 0.1) is 16.8 Å². The Hall–Kier alpha value is -0.880. The summed E-state index contributed by atoms with van der Waals surface area (Å²) < 4.78 is 0. The van der Waals surface area contributed by atoms with Gasteiger partial charge in [-0.3, -0.25) is 0 Å². The normalized spacial score (nSPS) is 10.4. The number of rotatable bonds is 5. The minimum absolute atomic E-state index is 0.638. The van der Waals surface area contributed by atoms with Gasteiger partial charge in [-0.2, -0.15) is 5.26 Å². The van der Waals surface area contributed by atoms with Gasteiger partial charge in [0.15, 0.2) is 0 Å². The Morgan fingerprint density at radius 3 is 3.00 bits per heavy atom. The summed E-state index contributed by atoms with van der Waals surface area (Å²) in [5.41, 5.74) is 1.21. The van der Waals surface area contributed by atoms with Crippen LogP contribution in [0.2, 0.25) is 0 Å². The molecule has 1 aromatic heterocycles. The highest BCUT2D eigenvalue weighted by molar-refractivity contribution is 7.09. The number of nitriles is 1. The fraction of sp³-hybridized carbons (Fsp3) is 0.636. The van der Waals surface area contributed by atoms with Crippen LogP contribution < -0.4 is 0 Å². The summed E-state index contributed by atoms with van der Waals surface area (Å²) in [6.07, 6.45) is 3.59. The summed E-state index contributed by atoms with van der Waals surface area (Å²) in [5, 5.41) is 11.7. The maximum absolute atomic E-state index is 8.40. The number of aryl methyl sites for hydroxylation is 1. The van der Waals surface area contributed by atoms with E-state index in [4.69, 9.17) is 5.26 Å². The Bertz CT molecular complexity index is 309.